The number of nitrogens with zero attached hydrogens (tertiary/aromatic N) is 3. The Hall–Kier alpha value is -2.08. The molecule has 3 rings (SSSR count). The zero-order chi connectivity index (χ0) is 30.8. The minimum absolute atomic E-state index is 0.0624. The van der Waals surface area contributed by atoms with Crippen LogP contribution in [0.5, 0.6) is 0 Å². The molecular formula is C30H54F2N8O2. The van der Waals surface area contributed by atoms with Crippen LogP contribution in [0.3, 0.4) is 0 Å². The lowest BCUT2D eigenvalue weighted by Gasteiger charge is -2.45. The zero-order valence-electron chi connectivity index (χ0n) is 26.2. The lowest BCUT2D eigenvalue weighted by Crippen LogP contribution is -2.67. The Morgan fingerprint density at radius 1 is 1.17 bits per heavy atom. The van der Waals surface area contributed by atoms with Crippen LogP contribution in [0.4, 0.5) is 8.78 Å². The normalized spacial score (nSPS) is 28.5. The fourth-order valence-electron chi connectivity index (χ4n) is 6.10. The summed E-state index contributed by atoms with van der Waals surface area (Å²) in [6.45, 7) is 7.67. The Labute approximate surface area is 250 Å². The smallest absolute Gasteiger partial charge is 0.232 e. The van der Waals surface area contributed by atoms with E-state index in [1.807, 2.05) is 21.1 Å². The van der Waals surface area contributed by atoms with E-state index in [1.54, 1.807) is 11.8 Å². The van der Waals surface area contributed by atoms with Crippen molar-refractivity contribution in [3.8, 4) is 0 Å². The molecule has 3 aliphatic rings. The summed E-state index contributed by atoms with van der Waals surface area (Å²) < 4.78 is 29.7. The van der Waals surface area contributed by atoms with Crippen LogP contribution in [-0.2, 0) is 9.59 Å². The maximum absolute atomic E-state index is 15.5. The second kappa shape index (κ2) is 16.7. The average molecular weight is 597 g/mol. The summed E-state index contributed by atoms with van der Waals surface area (Å²) in [4.78, 5) is 32.8. The number of nitrogens with one attached hydrogen (secondary N) is 4. The van der Waals surface area contributed by atoms with Gasteiger partial charge < -0.3 is 31.5 Å². The van der Waals surface area contributed by atoms with E-state index >= 15 is 4.39 Å². The topological polar surface area (TPSA) is 118 Å². The molecule has 6 unspecified atom stereocenters. The average Bonchev–Trinajstić information content (AvgIpc) is 3.12. The number of piperidine rings is 2. The van der Waals surface area contributed by atoms with Gasteiger partial charge >= 0.3 is 0 Å². The molecule has 0 aromatic carbocycles. The number of amides is 2. The van der Waals surface area contributed by atoms with Crippen LogP contribution in [0.25, 0.3) is 0 Å². The van der Waals surface area contributed by atoms with Crippen LogP contribution in [0, 0.1) is 11.8 Å². The quantitative estimate of drug-likeness (QED) is 0.196. The summed E-state index contributed by atoms with van der Waals surface area (Å²) in [5.74, 6) is -1.11. The lowest BCUT2D eigenvalue weighted by molar-refractivity contribution is -0.136. The molecule has 240 valence electrons. The molecule has 0 bridgehead atoms. The molecule has 2 saturated heterocycles. The summed E-state index contributed by atoms with van der Waals surface area (Å²) in [5, 5.41) is 12.5. The molecule has 12 heteroatoms. The van der Waals surface area contributed by atoms with Crippen LogP contribution in [-0.4, -0.2) is 131 Å². The minimum Gasteiger partial charge on any atom is -0.378 e. The predicted octanol–water partition coefficient (Wildman–Crippen LogP) is 0.564. The highest BCUT2D eigenvalue weighted by atomic mass is 19.1. The van der Waals surface area contributed by atoms with Crippen molar-refractivity contribution in [2.24, 2.45) is 17.6 Å². The third kappa shape index (κ3) is 9.46. The van der Waals surface area contributed by atoms with Crippen molar-refractivity contribution in [2.75, 3.05) is 73.5 Å². The number of alkyl halides is 2. The lowest BCUT2D eigenvalue weighted by atomic mass is 9.90. The highest BCUT2D eigenvalue weighted by Gasteiger charge is 2.42. The number of carbonyl (C=O) groups excluding carboxylic acids is 2. The van der Waals surface area contributed by atoms with Crippen LogP contribution in [0.2, 0.25) is 0 Å². The van der Waals surface area contributed by atoms with E-state index in [4.69, 9.17) is 5.73 Å². The number of hydrogen-bond donors (Lipinski definition) is 5. The number of rotatable bonds is 13. The van der Waals surface area contributed by atoms with Gasteiger partial charge in [-0.2, -0.15) is 0 Å². The van der Waals surface area contributed by atoms with E-state index in [2.05, 4.69) is 43.7 Å². The van der Waals surface area contributed by atoms with E-state index in [0.717, 1.165) is 25.0 Å². The van der Waals surface area contributed by atoms with Crippen LogP contribution >= 0.6 is 0 Å². The van der Waals surface area contributed by atoms with Gasteiger partial charge in [0.15, 0.2) is 0 Å². The molecule has 10 nitrogen and oxygen atoms in total. The van der Waals surface area contributed by atoms with Crippen molar-refractivity contribution >= 4 is 11.8 Å². The van der Waals surface area contributed by atoms with Crippen LogP contribution in [0.15, 0.2) is 17.0 Å². The van der Waals surface area contributed by atoms with Gasteiger partial charge in [0.05, 0.1) is 23.9 Å². The van der Waals surface area contributed by atoms with Crippen molar-refractivity contribution in [2.45, 2.75) is 76.5 Å². The van der Waals surface area contributed by atoms with Gasteiger partial charge in [-0.1, -0.05) is 26.0 Å². The third-order valence-corrected chi connectivity index (χ3v) is 8.70. The molecule has 0 aromatic rings. The van der Waals surface area contributed by atoms with Gasteiger partial charge in [0, 0.05) is 52.2 Å². The first kappa shape index (κ1) is 34.4. The molecule has 0 radical (unpaired) electrons. The Morgan fingerprint density at radius 2 is 1.88 bits per heavy atom. The summed E-state index contributed by atoms with van der Waals surface area (Å²) in [7, 11) is 5.81. The molecule has 42 heavy (non-hydrogen) atoms. The van der Waals surface area contributed by atoms with Crippen LogP contribution < -0.4 is 27.0 Å². The molecule has 2 fully saturated rings. The molecule has 0 spiro atoms. The summed E-state index contributed by atoms with van der Waals surface area (Å²) in [6.07, 6.45) is 0.409. The van der Waals surface area contributed by atoms with Gasteiger partial charge in [0.1, 0.15) is 18.3 Å². The molecule has 0 aromatic heterocycles. The summed E-state index contributed by atoms with van der Waals surface area (Å²) in [6, 6.07) is -1.01. The van der Waals surface area contributed by atoms with E-state index in [9.17, 15) is 14.0 Å². The number of likely N-dealkylation sites (tertiary alicyclic amines) is 1. The van der Waals surface area contributed by atoms with Gasteiger partial charge in [-0.3, -0.25) is 19.8 Å². The fraction of sp³-hybridized carbons (Fsp3) is 0.833. The largest absolute Gasteiger partial charge is 0.378 e. The van der Waals surface area contributed by atoms with E-state index in [1.165, 1.54) is 0 Å². The van der Waals surface area contributed by atoms with Crippen molar-refractivity contribution in [3.63, 3.8) is 0 Å². The summed E-state index contributed by atoms with van der Waals surface area (Å²) in [5.41, 5.74) is 11.2. The molecule has 6 atom stereocenters. The van der Waals surface area contributed by atoms with Crippen LogP contribution in [0.1, 0.15) is 46.0 Å². The molecule has 0 aliphatic carbocycles. The number of likely N-dealkylation sites (N-methyl/N-ethyl adjacent to an activating group) is 2. The molecular weight excluding hydrogens is 542 g/mol. The van der Waals surface area contributed by atoms with Gasteiger partial charge in [-0.05, 0) is 58.4 Å². The standard InChI is InChI=1S/C30H54F2N8O2/c1-6-8-20-15-24(35-17-22(31)7-2)26(28(33)36-16-20)29(41)37-25-19-34-18-23(32)27(25)40-11-9-21(10-12-40)30(42)39(5)14-13-38(3)4/h21-23,25-28,34-36H,6-14,16-19,33H2,1-5H3,(H,37,41). The molecule has 0 saturated carbocycles. The monoisotopic (exact) mass is 596 g/mol. The first-order chi connectivity index (χ1) is 20.0. The second-order valence-electron chi connectivity index (χ2n) is 12.3. The number of carbonyl (C=O) groups is 2. The second-order valence-corrected chi connectivity index (χ2v) is 12.3. The van der Waals surface area contributed by atoms with Gasteiger partial charge in [0.2, 0.25) is 11.8 Å². The van der Waals surface area contributed by atoms with Crippen molar-refractivity contribution < 1.29 is 18.4 Å². The number of halogens is 2. The van der Waals surface area contributed by atoms with Crippen molar-refractivity contribution in [1.82, 2.24) is 36.0 Å². The fourth-order valence-corrected chi connectivity index (χ4v) is 6.10. The number of nitrogens with two attached hydrogens (primary N) is 1. The third-order valence-electron chi connectivity index (χ3n) is 8.70. The number of hydrogen-bond acceptors (Lipinski definition) is 8. The first-order valence-electron chi connectivity index (χ1n) is 15.7. The zero-order valence-corrected chi connectivity index (χ0v) is 26.2. The first-order valence-corrected chi connectivity index (χ1v) is 15.7. The summed E-state index contributed by atoms with van der Waals surface area (Å²) >= 11 is 0. The van der Waals surface area contributed by atoms with Crippen molar-refractivity contribution in [1.29, 1.82) is 0 Å². The van der Waals surface area contributed by atoms with E-state index in [0.29, 0.717) is 57.7 Å². The molecule has 3 heterocycles. The maximum Gasteiger partial charge on any atom is 0.232 e. The maximum atomic E-state index is 15.5. The minimum atomic E-state index is -1.18. The van der Waals surface area contributed by atoms with Gasteiger partial charge in [-0.15, -0.1) is 0 Å². The Morgan fingerprint density at radius 3 is 2.52 bits per heavy atom. The van der Waals surface area contributed by atoms with E-state index in [-0.39, 0.29) is 30.8 Å². The Bertz CT molecular complexity index is 952. The van der Waals surface area contributed by atoms with Gasteiger partial charge in [-0.25, -0.2) is 8.78 Å². The predicted molar refractivity (Wildman–Crippen MR) is 162 cm³/mol. The Balaban J connectivity index is 1.71. The molecule has 6 N–H and O–H groups in total. The molecule has 2 amide bonds. The van der Waals surface area contributed by atoms with Crippen molar-refractivity contribution in [3.05, 3.63) is 17.0 Å². The molecule has 3 aliphatic heterocycles. The van der Waals surface area contributed by atoms with Gasteiger partial charge in [0.25, 0.3) is 0 Å². The highest BCUT2D eigenvalue weighted by Crippen LogP contribution is 2.26. The van der Waals surface area contributed by atoms with E-state index < -0.39 is 36.5 Å². The highest BCUT2D eigenvalue weighted by molar-refractivity contribution is 5.82. The Kier molecular flexibility index (Phi) is 13.7. The SMILES string of the molecule is CCCC1=C=C(NCC(F)CC)C(C(=O)NC2CNCC(F)C2N2CCC(C(=O)N(C)CCN(C)C)CC2)C(N)NC1.